The van der Waals surface area contributed by atoms with Gasteiger partial charge in [0, 0.05) is 12.6 Å². The number of carbonyl (C=O) groups excluding carboxylic acids is 1. The monoisotopic (exact) mass is 291 g/mol. The smallest absolute Gasteiger partial charge is 0.307 e. The summed E-state index contributed by atoms with van der Waals surface area (Å²) in [5, 5.41) is 9.52. The average molecular weight is 291 g/mol. The zero-order valence-electron chi connectivity index (χ0n) is 12.7. The van der Waals surface area contributed by atoms with Crippen molar-refractivity contribution >= 4 is 11.9 Å². The lowest BCUT2D eigenvalue weighted by molar-refractivity contribution is -0.152. The number of hydrogen-bond donors (Lipinski definition) is 1. The van der Waals surface area contributed by atoms with Crippen LogP contribution in [0.4, 0.5) is 0 Å². The van der Waals surface area contributed by atoms with Crippen molar-refractivity contribution in [3.8, 4) is 0 Å². The van der Waals surface area contributed by atoms with Gasteiger partial charge < -0.3 is 10.0 Å². The summed E-state index contributed by atoms with van der Waals surface area (Å²) in [6.07, 6.45) is 10.4. The van der Waals surface area contributed by atoms with Crippen LogP contribution >= 0.6 is 0 Å². The highest BCUT2D eigenvalue weighted by Gasteiger charge is 2.53. The standard InChI is InChI=1S/C17H25NO3/c1-2-5-13-6-3-4-9-18(13)16(19)14-11-7-8-12(10-11)15(14)17(20)21/h7-8,11-15H,2-6,9-10H2,1H3,(H,20,21). The molecule has 0 aromatic rings. The second kappa shape index (κ2) is 5.82. The highest BCUT2D eigenvalue weighted by Crippen LogP contribution is 2.49. The first-order valence-corrected chi connectivity index (χ1v) is 8.35. The highest BCUT2D eigenvalue weighted by atomic mass is 16.4. The van der Waals surface area contributed by atoms with Gasteiger partial charge in [0.1, 0.15) is 0 Å². The van der Waals surface area contributed by atoms with E-state index in [0.29, 0.717) is 6.04 Å². The van der Waals surface area contributed by atoms with Gasteiger partial charge in [0.05, 0.1) is 11.8 Å². The lowest BCUT2D eigenvalue weighted by Gasteiger charge is -2.39. The van der Waals surface area contributed by atoms with E-state index in [4.69, 9.17) is 0 Å². The normalized spacial score (nSPS) is 38.0. The Bertz CT molecular complexity index is 457. The third-order valence-electron chi connectivity index (χ3n) is 5.56. The van der Waals surface area contributed by atoms with Crippen LogP contribution in [0.2, 0.25) is 0 Å². The molecule has 3 aliphatic rings. The molecule has 1 saturated carbocycles. The predicted molar refractivity (Wildman–Crippen MR) is 79.6 cm³/mol. The molecule has 3 rings (SSSR count). The van der Waals surface area contributed by atoms with Crippen molar-refractivity contribution in [3.05, 3.63) is 12.2 Å². The fraction of sp³-hybridized carbons (Fsp3) is 0.765. The van der Waals surface area contributed by atoms with Gasteiger partial charge >= 0.3 is 5.97 Å². The van der Waals surface area contributed by atoms with Crippen molar-refractivity contribution in [1.29, 1.82) is 0 Å². The first-order valence-electron chi connectivity index (χ1n) is 8.35. The zero-order chi connectivity index (χ0) is 15.0. The first-order chi connectivity index (χ1) is 10.1. The van der Waals surface area contributed by atoms with Crippen LogP contribution in [-0.2, 0) is 9.59 Å². The largest absolute Gasteiger partial charge is 0.481 e. The van der Waals surface area contributed by atoms with Crippen molar-refractivity contribution in [3.63, 3.8) is 0 Å². The Morgan fingerprint density at radius 1 is 1.19 bits per heavy atom. The lowest BCUT2D eigenvalue weighted by atomic mass is 9.81. The number of fused-ring (bicyclic) bond motifs is 2. The molecular formula is C17H25NO3. The van der Waals surface area contributed by atoms with Crippen LogP contribution in [0.3, 0.4) is 0 Å². The molecule has 1 amide bonds. The van der Waals surface area contributed by atoms with E-state index in [-0.39, 0.29) is 23.7 Å². The minimum atomic E-state index is -0.797. The molecule has 1 saturated heterocycles. The summed E-state index contributed by atoms with van der Waals surface area (Å²) >= 11 is 0. The third-order valence-corrected chi connectivity index (χ3v) is 5.56. The number of allylic oxidation sites excluding steroid dienone is 2. The summed E-state index contributed by atoms with van der Waals surface area (Å²) in [6.45, 7) is 2.96. The van der Waals surface area contributed by atoms with Gasteiger partial charge in [0.15, 0.2) is 0 Å². The van der Waals surface area contributed by atoms with Crippen molar-refractivity contribution < 1.29 is 14.7 Å². The molecule has 0 radical (unpaired) electrons. The van der Waals surface area contributed by atoms with Crippen LogP contribution in [0.5, 0.6) is 0 Å². The third kappa shape index (κ3) is 2.49. The molecule has 0 spiro atoms. The molecule has 0 aromatic heterocycles. The molecule has 4 nitrogen and oxygen atoms in total. The predicted octanol–water partition coefficient (Wildman–Crippen LogP) is 2.69. The van der Waals surface area contributed by atoms with Crippen molar-refractivity contribution in [2.75, 3.05) is 6.54 Å². The van der Waals surface area contributed by atoms with E-state index < -0.39 is 11.9 Å². The fourth-order valence-electron chi connectivity index (χ4n) is 4.61. The number of amides is 1. The number of aliphatic carboxylic acids is 1. The van der Waals surface area contributed by atoms with E-state index in [1.54, 1.807) is 0 Å². The second-order valence-corrected chi connectivity index (χ2v) is 6.81. The minimum absolute atomic E-state index is 0.0656. The number of carboxylic acids is 1. The summed E-state index contributed by atoms with van der Waals surface area (Å²) in [7, 11) is 0. The molecule has 2 fully saturated rings. The summed E-state index contributed by atoms with van der Waals surface area (Å²) in [4.78, 5) is 26.6. The molecule has 1 N–H and O–H groups in total. The second-order valence-electron chi connectivity index (χ2n) is 6.81. The molecule has 1 aliphatic heterocycles. The number of rotatable bonds is 4. The minimum Gasteiger partial charge on any atom is -0.481 e. The molecule has 4 heteroatoms. The SMILES string of the molecule is CCCC1CCCCN1C(=O)C1C2C=CC(C2)C1C(=O)O. The maximum Gasteiger partial charge on any atom is 0.307 e. The van der Waals surface area contributed by atoms with Gasteiger partial charge in [-0.3, -0.25) is 9.59 Å². The van der Waals surface area contributed by atoms with Gasteiger partial charge in [-0.2, -0.15) is 0 Å². The molecule has 116 valence electrons. The van der Waals surface area contributed by atoms with Crippen LogP contribution < -0.4 is 0 Å². The number of piperidine rings is 1. The van der Waals surface area contributed by atoms with Gasteiger partial charge in [0.2, 0.25) is 5.91 Å². The van der Waals surface area contributed by atoms with E-state index in [2.05, 4.69) is 13.0 Å². The topological polar surface area (TPSA) is 57.6 Å². The van der Waals surface area contributed by atoms with E-state index in [1.165, 1.54) is 6.42 Å². The van der Waals surface area contributed by atoms with Gasteiger partial charge in [-0.05, 0) is 43.9 Å². The molecule has 5 atom stereocenters. The Kier molecular flexibility index (Phi) is 4.05. The highest BCUT2D eigenvalue weighted by molar-refractivity contribution is 5.87. The molecule has 21 heavy (non-hydrogen) atoms. The maximum absolute atomic E-state index is 13.0. The first kappa shape index (κ1) is 14.6. The summed E-state index contributed by atoms with van der Waals surface area (Å²) < 4.78 is 0. The van der Waals surface area contributed by atoms with Gasteiger partial charge in [-0.1, -0.05) is 25.5 Å². The van der Waals surface area contributed by atoms with Gasteiger partial charge in [-0.25, -0.2) is 0 Å². The van der Waals surface area contributed by atoms with Crippen LogP contribution in [0, 0.1) is 23.7 Å². The quantitative estimate of drug-likeness (QED) is 0.810. The van der Waals surface area contributed by atoms with Crippen LogP contribution in [0.15, 0.2) is 12.2 Å². The Labute approximate surface area is 126 Å². The molecule has 2 aliphatic carbocycles. The Hall–Kier alpha value is -1.32. The Morgan fingerprint density at radius 3 is 2.57 bits per heavy atom. The molecular weight excluding hydrogens is 266 g/mol. The van der Waals surface area contributed by atoms with E-state index in [1.807, 2.05) is 11.0 Å². The van der Waals surface area contributed by atoms with Crippen molar-refractivity contribution in [2.45, 2.75) is 51.5 Å². The summed E-state index contributed by atoms with van der Waals surface area (Å²) in [5.41, 5.74) is 0. The van der Waals surface area contributed by atoms with E-state index >= 15 is 0 Å². The van der Waals surface area contributed by atoms with E-state index in [9.17, 15) is 14.7 Å². The molecule has 2 bridgehead atoms. The van der Waals surface area contributed by atoms with Crippen molar-refractivity contribution in [2.24, 2.45) is 23.7 Å². The number of hydrogen-bond acceptors (Lipinski definition) is 2. The average Bonchev–Trinajstić information content (AvgIpc) is 3.08. The van der Waals surface area contributed by atoms with Crippen LogP contribution in [-0.4, -0.2) is 34.5 Å². The number of carbonyl (C=O) groups is 2. The fourth-order valence-corrected chi connectivity index (χ4v) is 4.61. The number of nitrogens with zero attached hydrogens (tertiary/aromatic N) is 1. The molecule has 5 unspecified atom stereocenters. The number of likely N-dealkylation sites (tertiary alicyclic amines) is 1. The summed E-state index contributed by atoms with van der Waals surface area (Å²) in [6, 6.07) is 0.328. The molecule has 0 aromatic carbocycles. The number of carboxylic acid groups (broad SMARTS) is 1. The Balaban J connectivity index is 1.80. The molecule has 1 heterocycles. The van der Waals surface area contributed by atoms with Gasteiger partial charge in [0.25, 0.3) is 0 Å². The lowest BCUT2D eigenvalue weighted by Crippen LogP contribution is -2.49. The van der Waals surface area contributed by atoms with E-state index in [0.717, 1.165) is 38.6 Å². The Morgan fingerprint density at radius 2 is 1.90 bits per heavy atom. The summed E-state index contributed by atoms with van der Waals surface area (Å²) in [5.74, 6) is -1.30. The van der Waals surface area contributed by atoms with Crippen molar-refractivity contribution in [1.82, 2.24) is 4.90 Å². The van der Waals surface area contributed by atoms with Gasteiger partial charge in [-0.15, -0.1) is 0 Å². The van der Waals surface area contributed by atoms with Crippen LogP contribution in [0.1, 0.15) is 45.4 Å². The van der Waals surface area contributed by atoms with Crippen LogP contribution in [0.25, 0.3) is 0 Å². The zero-order valence-corrected chi connectivity index (χ0v) is 12.7. The maximum atomic E-state index is 13.0.